The van der Waals surface area contributed by atoms with E-state index in [4.69, 9.17) is 0 Å². The molecule has 17 heavy (non-hydrogen) atoms. The van der Waals surface area contributed by atoms with Gasteiger partial charge in [-0.05, 0) is 17.7 Å². The van der Waals surface area contributed by atoms with Crippen molar-refractivity contribution >= 4 is 37.5 Å². The molecule has 0 spiro atoms. The number of rotatable bonds is 4. The van der Waals surface area contributed by atoms with Crippen LogP contribution in [0.25, 0.3) is 0 Å². The third-order valence-electron chi connectivity index (χ3n) is 2.35. The van der Waals surface area contributed by atoms with Crippen LogP contribution in [0.5, 0.6) is 0 Å². The zero-order valence-corrected chi connectivity index (χ0v) is 12.4. The number of hydrogen-bond donors (Lipinski definition) is 0. The minimum atomic E-state index is -4.11. The molecule has 0 heterocycles. The van der Waals surface area contributed by atoms with Gasteiger partial charge in [0.15, 0.2) is 0 Å². The molecule has 0 atom stereocenters. The summed E-state index contributed by atoms with van der Waals surface area (Å²) < 4.78 is 37.2. The van der Waals surface area contributed by atoms with Crippen molar-refractivity contribution in [2.45, 2.75) is 17.9 Å². The lowest BCUT2D eigenvalue weighted by atomic mass is 10.2. The van der Waals surface area contributed by atoms with Crippen LogP contribution in [-0.2, 0) is 5.33 Å². The molecule has 96 valence electrons. The van der Waals surface area contributed by atoms with Gasteiger partial charge >= 0.3 is 6.18 Å². The summed E-state index contributed by atoms with van der Waals surface area (Å²) in [5.74, 6) is 0. The Morgan fingerprint density at radius 1 is 1.29 bits per heavy atom. The molecule has 0 aliphatic carbocycles. The van der Waals surface area contributed by atoms with Gasteiger partial charge in [0.25, 0.3) is 0 Å². The van der Waals surface area contributed by atoms with E-state index in [0.29, 0.717) is 5.33 Å². The van der Waals surface area contributed by atoms with Crippen molar-refractivity contribution in [1.29, 1.82) is 0 Å². The summed E-state index contributed by atoms with van der Waals surface area (Å²) in [7, 11) is 1.65. The van der Waals surface area contributed by atoms with Crippen LogP contribution in [-0.4, -0.2) is 19.8 Å². The first kappa shape index (κ1) is 14.8. The fourth-order valence-electron chi connectivity index (χ4n) is 1.31. The minimum Gasteiger partial charge on any atom is -0.374 e. The third-order valence-corrected chi connectivity index (χ3v) is 3.69. The number of benzene rings is 1. The van der Waals surface area contributed by atoms with Gasteiger partial charge in [-0.25, -0.2) is 0 Å². The summed E-state index contributed by atoms with van der Waals surface area (Å²) >= 11 is 6.72. The Morgan fingerprint density at radius 3 is 2.41 bits per heavy atom. The van der Waals surface area contributed by atoms with Gasteiger partial charge in [0, 0.05) is 29.1 Å². The molecule has 0 bridgehead atoms. The lowest BCUT2D eigenvalue weighted by Gasteiger charge is -2.20. The van der Waals surface area contributed by atoms with Crippen LogP contribution < -0.4 is 4.90 Å². The van der Waals surface area contributed by atoms with Gasteiger partial charge in [0.05, 0.1) is 6.42 Å². The number of anilines is 1. The second-order valence-electron chi connectivity index (χ2n) is 3.70. The molecule has 0 unspecified atom stereocenters. The van der Waals surface area contributed by atoms with Crippen molar-refractivity contribution in [1.82, 2.24) is 0 Å². The van der Waals surface area contributed by atoms with Crippen LogP contribution >= 0.6 is 31.9 Å². The average molecular weight is 375 g/mol. The first-order valence-corrected chi connectivity index (χ1v) is 6.87. The van der Waals surface area contributed by atoms with E-state index in [1.807, 2.05) is 18.2 Å². The molecule has 0 fully saturated rings. The molecule has 0 aromatic heterocycles. The maximum atomic E-state index is 12.1. The van der Waals surface area contributed by atoms with Crippen molar-refractivity contribution in [3.8, 4) is 0 Å². The van der Waals surface area contributed by atoms with E-state index in [1.165, 1.54) is 0 Å². The molecule has 0 aliphatic heterocycles. The van der Waals surface area contributed by atoms with Crippen molar-refractivity contribution in [2.24, 2.45) is 0 Å². The molecular formula is C11H12Br2F3N. The van der Waals surface area contributed by atoms with Crippen LogP contribution in [0.2, 0.25) is 0 Å². The zero-order valence-electron chi connectivity index (χ0n) is 9.19. The minimum absolute atomic E-state index is 0.0381. The fourth-order valence-corrected chi connectivity index (χ4v) is 2.68. The quantitative estimate of drug-likeness (QED) is 0.688. The predicted molar refractivity (Wildman–Crippen MR) is 70.7 cm³/mol. The highest BCUT2D eigenvalue weighted by molar-refractivity contribution is 9.10. The standard InChI is InChI=1S/C11H12Br2F3N/c1-17(5-4-11(14,15)16)9-3-2-8(7-12)10(13)6-9/h2-3,6H,4-5,7H2,1H3. The van der Waals surface area contributed by atoms with Crippen molar-refractivity contribution in [2.75, 3.05) is 18.5 Å². The predicted octanol–water partition coefficient (Wildman–Crippen LogP) is 4.73. The van der Waals surface area contributed by atoms with E-state index in [9.17, 15) is 13.2 Å². The number of hydrogen-bond acceptors (Lipinski definition) is 1. The molecule has 6 heteroatoms. The maximum Gasteiger partial charge on any atom is 0.390 e. The largest absolute Gasteiger partial charge is 0.390 e. The maximum absolute atomic E-state index is 12.1. The van der Waals surface area contributed by atoms with Gasteiger partial charge in [-0.3, -0.25) is 0 Å². The molecule has 0 radical (unpaired) electrons. The van der Waals surface area contributed by atoms with Crippen molar-refractivity contribution in [3.05, 3.63) is 28.2 Å². The number of nitrogens with zero attached hydrogens (tertiary/aromatic N) is 1. The average Bonchev–Trinajstić information content (AvgIpc) is 2.24. The lowest BCUT2D eigenvalue weighted by molar-refractivity contribution is -0.132. The van der Waals surface area contributed by atoms with Crippen molar-refractivity contribution < 1.29 is 13.2 Å². The SMILES string of the molecule is CN(CCC(F)(F)F)c1ccc(CBr)c(Br)c1. The topological polar surface area (TPSA) is 3.24 Å². The summed E-state index contributed by atoms with van der Waals surface area (Å²) in [6.07, 6.45) is -4.91. The first-order valence-electron chi connectivity index (χ1n) is 4.96. The highest BCUT2D eigenvalue weighted by Gasteiger charge is 2.27. The summed E-state index contributed by atoms with van der Waals surface area (Å²) in [5.41, 5.74) is 1.84. The van der Waals surface area contributed by atoms with Gasteiger partial charge in [0.1, 0.15) is 0 Å². The van der Waals surface area contributed by atoms with Gasteiger partial charge in [-0.1, -0.05) is 37.9 Å². The Balaban J connectivity index is 2.69. The van der Waals surface area contributed by atoms with Crippen LogP contribution in [0.15, 0.2) is 22.7 Å². The highest BCUT2D eigenvalue weighted by Crippen LogP contribution is 2.26. The summed E-state index contributed by atoms with van der Waals surface area (Å²) in [6.45, 7) is -0.0381. The van der Waals surface area contributed by atoms with E-state index in [1.54, 1.807) is 11.9 Å². The van der Waals surface area contributed by atoms with Crippen LogP contribution in [0.3, 0.4) is 0 Å². The second-order valence-corrected chi connectivity index (χ2v) is 5.11. The van der Waals surface area contributed by atoms with Crippen LogP contribution in [0, 0.1) is 0 Å². The van der Waals surface area contributed by atoms with Crippen LogP contribution in [0.4, 0.5) is 18.9 Å². The first-order chi connectivity index (χ1) is 7.83. The van der Waals surface area contributed by atoms with Crippen LogP contribution in [0.1, 0.15) is 12.0 Å². The molecule has 0 amide bonds. The van der Waals surface area contributed by atoms with Gasteiger partial charge < -0.3 is 4.90 Å². The van der Waals surface area contributed by atoms with Gasteiger partial charge in [-0.15, -0.1) is 0 Å². The summed E-state index contributed by atoms with van der Waals surface area (Å²) in [6, 6.07) is 5.53. The molecule has 1 rings (SSSR count). The molecular weight excluding hydrogens is 363 g/mol. The van der Waals surface area contributed by atoms with E-state index in [0.717, 1.165) is 15.7 Å². The molecule has 1 nitrogen and oxygen atoms in total. The number of alkyl halides is 4. The highest BCUT2D eigenvalue weighted by atomic mass is 79.9. The monoisotopic (exact) mass is 373 g/mol. The Hall–Kier alpha value is -0.230. The number of halogens is 5. The van der Waals surface area contributed by atoms with E-state index in [-0.39, 0.29) is 6.54 Å². The lowest BCUT2D eigenvalue weighted by Crippen LogP contribution is -2.24. The Labute approximate surface area is 115 Å². The molecule has 0 N–H and O–H groups in total. The van der Waals surface area contributed by atoms with E-state index < -0.39 is 12.6 Å². The zero-order chi connectivity index (χ0) is 13.1. The third kappa shape index (κ3) is 4.87. The molecule has 1 aromatic rings. The van der Waals surface area contributed by atoms with Gasteiger partial charge in [-0.2, -0.15) is 13.2 Å². The Kier molecular flexibility index (Phi) is 5.31. The summed E-state index contributed by atoms with van der Waals surface area (Å²) in [5, 5.41) is 0.708. The van der Waals surface area contributed by atoms with E-state index in [2.05, 4.69) is 31.9 Å². The van der Waals surface area contributed by atoms with Crippen molar-refractivity contribution in [3.63, 3.8) is 0 Å². The smallest absolute Gasteiger partial charge is 0.374 e. The summed E-state index contributed by atoms with van der Waals surface area (Å²) in [4.78, 5) is 1.59. The molecule has 0 aliphatic rings. The molecule has 1 aromatic carbocycles. The molecule has 0 saturated carbocycles. The fraction of sp³-hybridized carbons (Fsp3) is 0.455. The Morgan fingerprint density at radius 2 is 1.94 bits per heavy atom. The normalized spacial score (nSPS) is 11.6. The van der Waals surface area contributed by atoms with E-state index >= 15 is 0 Å². The second kappa shape index (κ2) is 6.09. The van der Waals surface area contributed by atoms with Gasteiger partial charge in [0.2, 0.25) is 0 Å². The molecule has 0 saturated heterocycles. The Bertz CT molecular complexity index is 379.